The van der Waals surface area contributed by atoms with Crippen LogP contribution < -0.4 is 10.5 Å². The number of nitrogens with two attached hydrogens (primary N) is 1. The van der Waals surface area contributed by atoms with Crippen molar-refractivity contribution >= 4 is 17.2 Å². The Labute approximate surface area is 111 Å². The summed E-state index contributed by atoms with van der Waals surface area (Å²) in [6, 6.07) is 5.38. The van der Waals surface area contributed by atoms with Crippen LogP contribution in [-0.4, -0.2) is 19.8 Å². The van der Waals surface area contributed by atoms with Crippen LogP contribution in [0, 0.1) is 13.8 Å². The minimum atomic E-state index is 0.325. The van der Waals surface area contributed by atoms with Crippen molar-refractivity contribution in [3.05, 3.63) is 35.2 Å². The number of hydrogen-bond donors (Lipinski definition) is 1. The molecule has 0 atom stereocenters. The Morgan fingerprint density at radius 2 is 2.00 bits per heavy atom. The highest BCUT2D eigenvalue weighted by Gasteiger charge is 2.08. The fraction of sp³-hybridized carbons (Fsp3) is 0.250. The first-order valence-corrected chi connectivity index (χ1v) is 5.83. The first-order chi connectivity index (χ1) is 8.45. The highest BCUT2D eigenvalue weighted by atomic mass is 32.1. The molecule has 0 aliphatic rings. The zero-order chi connectivity index (χ0) is 13.3. The van der Waals surface area contributed by atoms with Crippen molar-refractivity contribution in [2.45, 2.75) is 13.8 Å². The van der Waals surface area contributed by atoms with Crippen molar-refractivity contribution in [1.29, 1.82) is 0 Å². The summed E-state index contributed by atoms with van der Waals surface area (Å²) in [6.45, 7) is 3.76. The van der Waals surface area contributed by atoms with E-state index in [2.05, 4.69) is 10.1 Å². The summed E-state index contributed by atoms with van der Waals surface area (Å²) in [5.74, 6) is 1.08. The summed E-state index contributed by atoms with van der Waals surface area (Å²) in [7, 11) is 1.81. The second-order valence-electron chi connectivity index (χ2n) is 4.05. The van der Waals surface area contributed by atoms with Gasteiger partial charge in [-0.1, -0.05) is 12.2 Å². The Kier molecular flexibility index (Phi) is 3.29. The quantitative estimate of drug-likeness (QED) is 0.855. The molecule has 2 heterocycles. The molecule has 0 bridgehead atoms. The molecule has 0 unspecified atom stereocenters. The van der Waals surface area contributed by atoms with Crippen LogP contribution in [0.25, 0.3) is 0 Å². The van der Waals surface area contributed by atoms with Gasteiger partial charge in [0.15, 0.2) is 0 Å². The highest BCUT2D eigenvalue weighted by molar-refractivity contribution is 7.80. The molecule has 0 radical (unpaired) electrons. The third kappa shape index (κ3) is 2.65. The number of thiocarbonyl (C=S) groups is 1. The molecule has 0 spiro atoms. The van der Waals surface area contributed by atoms with E-state index in [-0.39, 0.29) is 0 Å². The van der Waals surface area contributed by atoms with Crippen LogP contribution in [0.4, 0.5) is 0 Å². The normalized spacial score (nSPS) is 10.4. The number of aryl methyl sites for hydroxylation is 3. The number of rotatable bonds is 3. The monoisotopic (exact) mass is 262 g/mol. The van der Waals surface area contributed by atoms with Gasteiger partial charge in [0.1, 0.15) is 4.99 Å². The van der Waals surface area contributed by atoms with Crippen LogP contribution in [0.15, 0.2) is 18.2 Å². The molecule has 2 rings (SSSR count). The average molecular weight is 262 g/mol. The van der Waals surface area contributed by atoms with Gasteiger partial charge in [0.25, 0.3) is 0 Å². The number of ether oxygens (including phenoxy) is 1. The number of aromatic nitrogens is 3. The van der Waals surface area contributed by atoms with Gasteiger partial charge in [-0.15, -0.1) is 0 Å². The van der Waals surface area contributed by atoms with Gasteiger partial charge in [0, 0.05) is 30.4 Å². The lowest BCUT2D eigenvalue weighted by Crippen LogP contribution is -2.10. The maximum absolute atomic E-state index is 5.68. The molecule has 2 aromatic rings. The Morgan fingerprint density at radius 1 is 1.28 bits per heavy atom. The highest BCUT2D eigenvalue weighted by Crippen LogP contribution is 2.21. The van der Waals surface area contributed by atoms with Gasteiger partial charge in [-0.2, -0.15) is 5.10 Å². The van der Waals surface area contributed by atoms with E-state index in [0.29, 0.717) is 16.7 Å². The van der Waals surface area contributed by atoms with Crippen LogP contribution in [0.5, 0.6) is 11.8 Å². The van der Waals surface area contributed by atoms with E-state index in [9.17, 15) is 0 Å². The molecule has 2 N–H and O–H groups in total. The summed E-state index contributed by atoms with van der Waals surface area (Å²) in [4.78, 5) is 4.61. The van der Waals surface area contributed by atoms with Crippen molar-refractivity contribution < 1.29 is 4.74 Å². The van der Waals surface area contributed by atoms with Gasteiger partial charge >= 0.3 is 0 Å². The Balaban J connectivity index is 2.34. The number of hydrogen-bond acceptors (Lipinski definition) is 4. The standard InChI is InChI=1S/C12H14N4OS/c1-7-4-9(12(13)18)6-10(14-7)17-11-5-8(2)15-16(11)3/h4-6H,1-3H3,(H2,13,18). The molecule has 94 valence electrons. The molecule has 0 amide bonds. The van der Waals surface area contributed by atoms with Crippen molar-refractivity contribution in [3.63, 3.8) is 0 Å². The van der Waals surface area contributed by atoms with E-state index in [1.807, 2.05) is 33.0 Å². The first kappa shape index (κ1) is 12.5. The predicted molar refractivity (Wildman–Crippen MR) is 72.9 cm³/mol. The van der Waals surface area contributed by atoms with Crippen molar-refractivity contribution in [2.75, 3.05) is 0 Å². The maximum Gasteiger partial charge on any atom is 0.222 e. The van der Waals surface area contributed by atoms with Gasteiger partial charge in [-0.25, -0.2) is 9.67 Å². The van der Waals surface area contributed by atoms with Crippen LogP contribution in [0.1, 0.15) is 17.0 Å². The third-order valence-electron chi connectivity index (χ3n) is 2.38. The van der Waals surface area contributed by atoms with Crippen molar-refractivity contribution in [3.8, 4) is 11.8 Å². The summed E-state index contributed by atoms with van der Waals surface area (Å²) in [5.41, 5.74) is 8.04. The molecule has 0 saturated carbocycles. The van der Waals surface area contributed by atoms with E-state index >= 15 is 0 Å². The van der Waals surface area contributed by atoms with E-state index in [0.717, 1.165) is 17.0 Å². The van der Waals surface area contributed by atoms with Gasteiger partial charge in [0.2, 0.25) is 11.8 Å². The van der Waals surface area contributed by atoms with Crippen LogP contribution in [0.2, 0.25) is 0 Å². The molecular formula is C12H14N4OS. The number of pyridine rings is 1. The molecule has 0 fully saturated rings. The molecular weight excluding hydrogens is 248 g/mol. The van der Waals surface area contributed by atoms with Crippen LogP contribution in [-0.2, 0) is 7.05 Å². The second kappa shape index (κ2) is 4.73. The molecule has 0 aromatic carbocycles. The van der Waals surface area contributed by atoms with Crippen molar-refractivity contribution in [2.24, 2.45) is 12.8 Å². The van der Waals surface area contributed by atoms with Crippen molar-refractivity contribution in [1.82, 2.24) is 14.8 Å². The Morgan fingerprint density at radius 3 is 2.56 bits per heavy atom. The zero-order valence-electron chi connectivity index (χ0n) is 10.5. The predicted octanol–water partition coefficient (Wildman–Crippen LogP) is 1.86. The molecule has 0 aliphatic carbocycles. The van der Waals surface area contributed by atoms with Crippen LogP contribution >= 0.6 is 12.2 Å². The topological polar surface area (TPSA) is 66.0 Å². The molecule has 5 nitrogen and oxygen atoms in total. The lowest BCUT2D eigenvalue weighted by atomic mass is 10.2. The van der Waals surface area contributed by atoms with E-state index in [1.54, 1.807) is 10.7 Å². The zero-order valence-corrected chi connectivity index (χ0v) is 11.3. The van der Waals surface area contributed by atoms with Crippen LogP contribution in [0.3, 0.4) is 0 Å². The molecule has 0 aliphatic heterocycles. The van der Waals surface area contributed by atoms with Gasteiger partial charge < -0.3 is 10.5 Å². The van der Waals surface area contributed by atoms with Gasteiger partial charge in [-0.3, -0.25) is 0 Å². The Hall–Kier alpha value is -1.95. The lowest BCUT2D eigenvalue weighted by Gasteiger charge is -2.07. The SMILES string of the molecule is Cc1cc(C(N)=S)cc(Oc2cc(C)nn2C)n1. The molecule has 6 heteroatoms. The first-order valence-electron chi connectivity index (χ1n) is 5.42. The van der Waals surface area contributed by atoms with Gasteiger partial charge in [-0.05, 0) is 19.9 Å². The second-order valence-corrected chi connectivity index (χ2v) is 4.49. The smallest absolute Gasteiger partial charge is 0.222 e. The van der Waals surface area contributed by atoms with E-state index < -0.39 is 0 Å². The summed E-state index contributed by atoms with van der Waals surface area (Å²) in [6.07, 6.45) is 0. The summed E-state index contributed by atoms with van der Waals surface area (Å²) in [5, 5.41) is 4.20. The van der Waals surface area contributed by atoms with Gasteiger partial charge in [0.05, 0.1) is 5.69 Å². The fourth-order valence-electron chi connectivity index (χ4n) is 1.62. The largest absolute Gasteiger partial charge is 0.421 e. The molecule has 2 aromatic heterocycles. The molecule has 0 saturated heterocycles. The third-order valence-corrected chi connectivity index (χ3v) is 2.62. The Bertz CT molecular complexity index is 606. The van der Waals surface area contributed by atoms with E-state index in [4.69, 9.17) is 22.7 Å². The number of nitrogens with zero attached hydrogens (tertiary/aromatic N) is 3. The molecule has 18 heavy (non-hydrogen) atoms. The van der Waals surface area contributed by atoms with E-state index in [1.165, 1.54) is 0 Å². The minimum absolute atomic E-state index is 0.325. The minimum Gasteiger partial charge on any atom is -0.421 e. The maximum atomic E-state index is 5.68. The average Bonchev–Trinajstić information content (AvgIpc) is 2.56. The summed E-state index contributed by atoms with van der Waals surface area (Å²) >= 11 is 4.95. The fourth-order valence-corrected chi connectivity index (χ4v) is 1.74. The lowest BCUT2D eigenvalue weighted by molar-refractivity contribution is 0.414. The summed E-state index contributed by atoms with van der Waals surface area (Å²) < 4.78 is 7.33.